The van der Waals surface area contributed by atoms with Crippen LogP contribution in [0.25, 0.3) is 71.6 Å². The molecule has 0 bridgehead atoms. The second-order valence-electron chi connectivity index (χ2n) is 28.1. The Morgan fingerprint density at radius 1 is 0.252 bits per heavy atom. The minimum atomic E-state index is -0.252. The molecule has 11 heteroatoms. The molecule has 23 rings (SSSR count). The molecule has 107 heavy (non-hydrogen) atoms. The summed E-state index contributed by atoms with van der Waals surface area (Å²) in [5, 5.41) is 7.50. The summed E-state index contributed by atoms with van der Waals surface area (Å²) in [6, 6.07) is 133. The van der Waals surface area contributed by atoms with Crippen LogP contribution in [0.3, 0.4) is 0 Å². The SMILES string of the molecule is c1ccc(-c2ccccc2N2c3cc4c(cc3B3c5ccccc5N(c5ccccc5)c5cc(N(c6ccccc6)c6cccc7c6sc6ccccc67)cc2c53)B2c3ccccc3N(c3cccc5c3sc3ccccc35)c3cc(N(c5ccccc5)c5cccc6c5sc5ccccc56)cc(c32)O4)cc1. The smallest absolute Gasteiger partial charge is 0.256 e. The summed E-state index contributed by atoms with van der Waals surface area (Å²) >= 11 is 5.59. The number of nitrogens with zero attached hydrogens (tertiary/aromatic N) is 5. The number of fused-ring (bicyclic) bond motifs is 17. The molecule has 0 atom stereocenters. The van der Waals surface area contributed by atoms with Crippen LogP contribution < -0.4 is 62.0 Å². The molecular weight excluding hydrogens is 1360 g/mol. The minimum Gasteiger partial charge on any atom is -0.458 e. The molecule has 498 valence electrons. The molecule has 0 saturated carbocycles. The van der Waals surface area contributed by atoms with Gasteiger partial charge >= 0.3 is 0 Å². The number of hydrogen-bond acceptors (Lipinski definition) is 9. The molecule has 0 spiro atoms. The Morgan fingerprint density at radius 3 is 1.27 bits per heavy atom. The zero-order valence-electron chi connectivity index (χ0n) is 57.6. The number of rotatable bonds is 10. The van der Waals surface area contributed by atoms with Gasteiger partial charge in [0.2, 0.25) is 0 Å². The third-order valence-electron chi connectivity index (χ3n) is 22.4. The summed E-state index contributed by atoms with van der Waals surface area (Å²) in [6.45, 7) is -0.487. The van der Waals surface area contributed by atoms with E-state index >= 15 is 0 Å². The largest absolute Gasteiger partial charge is 0.458 e. The summed E-state index contributed by atoms with van der Waals surface area (Å²) in [4.78, 5) is 12.7. The van der Waals surface area contributed by atoms with E-state index in [1.165, 1.54) is 82.4 Å². The van der Waals surface area contributed by atoms with E-state index in [0.717, 1.165) is 119 Å². The van der Waals surface area contributed by atoms with Gasteiger partial charge in [0.15, 0.2) is 0 Å². The maximum atomic E-state index is 8.11. The van der Waals surface area contributed by atoms with Crippen LogP contribution in [0.1, 0.15) is 0 Å². The van der Waals surface area contributed by atoms with Crippen LogP contribution in [0, 0.1) is 0 Å². The first-order valence-corrected chi connectivity index (χ1v) is 39.0. The molecule has 6 nitrogen and oxygen atoms in total. The molecule has 16 aromatic carbocycles. The summed E-state index contributed by atoms with van der Waals surface area (Å²) < 4.78 is 15.6. The van der Waals surface area contributed by atoms with E-state index in [9.17, 15) is 0 Å². The average molecular weight is 1420 g/mol. The van der Waals surface area contributed by atoms with Crippen molar-refractivity contribution in [3.8, 4) is 22.6 Å². The molecule has 19 aromatic rings. The number of anilines is 15. The first-order valence-electron chi connectivity index (χ1n) is 36.5. The van der Waals surface area contributed by atoms with Crippen molar-refractivity contribution < 1.29 is 4.74 Å². The Balaban J connectivity index is 0.819. The third-order valence-corrected chi connectivity index (χ3v) is 26.0. The summed E-state index contributed by atoms with van der Waals surface area (Å²) in [6.07, 6.45) is 0. The number of thiophene rings is 3. The van der Waals surface area contributed by atoms with Crippen molar-refractivity contribution >= 4 is 226 Å². The van der Waals surface area contributed by atoms with Crippen LogP contribution in [-0.2, 0) is 0 Å². The predicted molar refractivity (Wildman–Crippen MR) is 460 cm³/mol. The van der Waals surface area contributed by atoms with Gasteiger partial charge in [-0.3, -0.25) is 0 Å². The average Bonchev–Trinajstić information content (AvgIpc) is 0.955. The zero-order chi connectivity index (χ0) is 70.0. The van der Waals surface area contributed by atoms with E-state index in [1.54, 1.807) is 0 Å². The monoisotopic (exact) mass is 1420 g/mol. The van der Waals surface area contributed by atoms with Crippen LogP contribution in [0.2, 0.25) is 0 Å². The lowest BCUT2D eigenvalue weighted by Crippen LogP contribution is -2.64. The second kappa shape index (κ2) is 23.8. The van der Waals surface area contributed by atoms with Gasteiger partial charge in [-0.2, -0.15) is 0 Å². The van der Waals surface area contributed by atoms with E-state index < -0.39 is 0 Å². The van der Waals surface area contributed by atoms with Gasteiger partial charge in [-0.15, -0.1) is 34.0 Å². The van der Waals surface area contributed by atoms with Crippen molar-refractivity contribution in [1.82, 2.24) is 0 Å². The highest BCUT2D eigenvalue weighted by molar-refractivity contribution is 7.27. The standard InChI is InChI=1S/C96H59B2N5OS3/c1-5-28-60(29-6-1)66-36-13-19-45-77(66)102-83-59-87-76(58-75(83)97-73-43-17-20-46-78(73)101(63-34-11-4-12-35-63)84-54-64(55-85(102)92(84)97)99(61-30-7-2-8-31-61)80-48-25-40-70-67-37-14-22-51-89(67)105-94(70)80)98-74-44-18-21-47-79(74)103(82-50-27-42-72-69-39-16-24-53-91(69)107-96(72)82)86-56-65(57-88(104-87)93(86)98)100(62-32-9-3-10-33-62)81-49-26-41-71-68-38-15-23-52-90(68)106-95(71)81/h1-59H. The number of ether oxygens (including phenoxy) is 1. The Labute approximate surface area is 631 Å². The fourth-order valence-corrected chi connectivity index (χ4v) is 21.6. The number of para-hydroxylation sites is 6. The lowest BCUT2D eigenvalue weighted by Gasteiger charge is -2.46. The molecule has 0 aliphatic carbocycles. The Bertz CT molecular complexity index is 6880. The molecule has 7 heterocycles. The van der Waals surface area contributed by atoms with Crippen molar-refractivity contribution in [2.45, 2.75) is 0 Å². The van der Waals surface area contributed by atoms with Crippen LogP contribution in [0.15, 0.2) is 358 Å². The van der Waals surface area contributed by atoms with Gasteiger partial charge < -0.3 is 29.2 Å². The van der Waals surface area contributed by atoms with Crippen LogP contribution in [0.4, 0.5) is 85.3 Å². The topological polar surface area (TPSA) is 25.4 Å². The quantitative estimate of drug-likeness (QED) is 0.127. The molecule has 0 amide bonds. The third kappa shape index (κ3) is 9.12. The molecule has 3 aromatic heterocycles. The van der Waals surface area contributed by atoms with Gasteiger partial charge in [0.05, 0.1) is 48.2 Å². The summed E-state index contributed by atoms with van der Waals surface area (Å²) in [5.41, 5.74) is 25.6. The highest BCUT2D eigenvalue weighted by Gasteiger charge is 2.49. The first-order chi connectivity index (χ1) is 53.1. The molecule has 0 fully saturated rings. The number of benzene rings is 16. The van der Waals surface area contributed by atoms with Crippen molar-refractivity contribution in [3.63, 3.8) is 0 Å². The molecule has 4 aliphatic heterocycles. The van der Waals surface area contributed by atoms with Gasteiger partial charge in [-0.05, 0) is 148 Å². The van der Waals surface area contributed by atoms with Crippen molar-refractivity contribution in [2.24, 2.45) is 0 Å². The van der Waals surface area contributed by atoms with Crippen LogP contribution in [-0.4, -0.2) is 13.4 Å². The summed E-state index contributed by atoms with van der Waals surface area (Å²) in [7, 11) is 0. The van der Waals surface area contributed by atoms with Crippen molar-refractivity contribution in [3.05, 3.63) is 358 Å². The van der Waals surface area contributed by atoms with Crippen molar-refractivity contribution in [1.29, 1.82) is 0 Å². The maximum Gasteiger partial charge on any atom is 0.256 e. The van der Waals surface area contributed by atoms with Gasteiger partial charge in [-0.1, -0.05) is 237 Å². The molecule has 0 saturated heterocycles. The lowest BCUT2D eigenvalue weighted by molar-refractivity contribution is 0.488. The van der Waals surface area contributed by atoms with Crippen LogP contribution >= 0.6 is 34.0 Å². The molecule has 0 radical (unpaired) electrons. The maximum absolute atomic E-state index is 8.11. The Hall–Kier alpha value is -12.9. The minimum absolute atomic E-state index is 0.234. The number of hydrogen-bond donors (Lipinski definition) is 0. The van der Waals surface area contributed by atoms with E-state index in [-0.39, 0.29) is 13.4 Å². The van der Waals surface area contributed by atoms with Gasteiger partial charge in [0, 0.05) is 115 Å². The van der Waals surface area contributed by atoms with E-state index in [1.807, 2.05) is 34.0 Å². The molecule has 0 N–H and O–H groups in total. The van der Waals surface area contributed by atoms with E-state index in [4.69, 9.17) is 4.74 Å². The fraction of sp³-hybridized carbons (Fsp3) is 0. The Kier molecular flexibility index (Phi) is 13.5. The highest BCUT2D eigenvalue weighted by Crippen LogP contribution is 2.55. The van der Waals surface area contributed by atoms with Crippen LogP contribution in [0.5, 0.6) is 11.5 Å². The van der Waals surface area contributed by atoms with E-state index in [0.29, 0.717) is 0 Å². The fourth-order valence-electron chi connectivity index (χ4n) is 18.0. The van der Waals surface area contributed by atoms with Crippen molar-refractivity contribution in [2.75, 3.05) is 24.5 Å². The van der Waals surface area contributed by atoms with E-state index in [2.05, 4.69) is 382 Å². The lowest BCUT2D eigenvalue weighted by atomic mass is 9.30. The Morgan fingerprint density at radius 2 is 0.673 bits per heavy atom. The highest BCUT2D eigenvalue weighted by atomic mass is 32.1. The second-order valence-corrected chi connectivity index (χ2v) is 31.3. The molecule has 0 unspecified atom stereocenters. The van der Waals surface area contributed by atoms with Gasteiger partial charge in [-0.25, -0.2) is 0 Å². The first kappa shape index (κ1) is 60.5. The van der Waals surface area contributed by atoms with Gasteiger partial charge in [0.1, 0.15) is 11.5 Å². The molecule has 4 aliphatic rings. The molecular formula is C96H59B2N5OS3. The summed E-state index contributed by atoms with van der Waals surface area (Å²) in [5.74, 6) is 1.63. The van der Waals surface area contributed by atoms with Gasteiger partial charge in [0.25, 0.3) is 13.4 Å². The predicted octanol–water partition coefficient (Wildman–Crippen LogP) is 23.9. The normalized spacial score (nSPS) is 13.0. The zero-order valence-corrected chi connectivity index (χ0v) is 60.0.